The molecular formula is C22H28N4O2. The molecule has 4 rings (SSSR count). The first-order valence-electron chi connectivity index (χ1n) is 10.1. The molecule has 2 atom stereocenters. The summed E-state index contributed by atoms with van der Waals surface area (Å²) >= 11 is 0. The van der Waals surface area contributed by atoms with E-state index in [2.05, 4.69) is 14.9 Å². The van der Waals surface area contributed by atoms with Crippen LogP contribution in [-0.4, -0.2) is 58.2 Å². The van der Waals surface area contributed by atoms with Crippen molar-refractivity contribution in [2.24, 2.45) is 5.41 Å². The van der Waals surface area contributed by atoms with E-state index in [1.165, 1.54) is 0 Å². The van der Waals surface area contributed by atoms with Crippen molar-refractivity contribution in [3.63, 3.8) is 0 Å². The van der Waals surface area contributed by atoms with Crippen molar-refractivity contribution >= 4 is 11.9 Å². The first-order valence-corrected chi connectivity index (χ1v) is 10.1. The van der Waals surface area contributed by atoms with Gasteiger partial charge in [0.15, 0.2) is 0 Å². The number of anilines is 1. The predicted molar refractivity (Wildman–Crippen MR) is 108 cm³/mol. The van der Waals surface area contributed by atoms with Gasteiger partial charge in [0, 0.05) is 43.5 Å². The average Bonchev–Trinajstić information content (AvgIpc) is 2.71. The van der Waals surface area contributed by atoms with Gasteiger partial charge in [0.2, 0.25) is 11.9 Å². The van der Waals surface area contributed by atoms with E-state index < -0.39 is 6.10 Å². The molecule has 1 spiro atoms. The van der Waals surface area contributed by atoms with Crippen LogP contribution >= 0.6 is 0 Å². The third-order valence-electron chi connectivity index (χ3n) is 6.11. The van der Waals surface area contributed by atoms with Gasteiger partial charge in [-0.1, -0.05) is 30.3 Å². The van der Waals surface area contributed by atoms with Gasteiger partial charge in [0.1, 0.15) is 0 Å². The summed E-state index contributed by atoms with van der Waals surface area (Å²) in [5.74, 6) is 0.861. The van der Waals surface area contributed by atoms with Gasteiger partial charge in [-0.3, -0.25) is 4.79 Å². The van der Waals surface area contributed by atoms with Crippen LogP contribution < -0.4 is 4.90 Å². The minimum absolute atomic E-state index is 0.140. The molecule has 0 bridgehead atoms. The number of likely N-dealkylation sites (tertiary alicyclic amines) is 1. The van der Waals surface area contributed by atoms with Crippen molar-refractivity contribution in [3.05, 3.63) is 53.9 Å². The van der Waals surface area contributed by atoms with Crippen molar-refractivity contribution < 1.29 is 9.90 Å². The Labute approximate surface area is 166 Å². The molecule has 2 fully saturated rings. The van der Waals surface area contributed by atoms with E-state index in [0.717, 1.165) is 43.1 Å². The van der Waals surface area contributed by atoms with Crippen LogP contribution in [0.15, 0.2) is 42.6 Å². The van der Waals surface area contributed by atoms with Crippen LogP contribution in [0.5, 0.6) is 0 Å². The average molecular weight is 380 g/mol. The zero-order valence-corrected chi connectivity index (χ0v) is 16.4. The Morgan fingerprint density at radius 3 is 2.82 bits per heavy atom. The molecule has 6 nitrogen and oxygen atoms in total. The second-order valence-electron chi connectivity index (χ2n) is 8.17. The molecule has 2 saturated heterocycles. The van der Waals surface area contributed by atoms with E-state index in [1.54, 1.807) is 6.20 Å². The van der Waals surface area contributed by atoms with E-state index in [-0.39, 0.29) is 11.3 Å². The van der Waals surface area contributed by atoms with Crippen molar-refractivity contribution in [1.82, 2.24) is 14.9 Å². The number of aliphatic hydroxyl groups is 1. The van der Waals surface area contributed by atoms with Crippen LogP contribution in [0.3, 0.4) is 0 Å². The highest BCUT2D eigenvalue weighted by atomic mass is 16.3. The fourth-order valence-electron chi connectivity index (χ4n) is 4.56. The first-order chi connectivity index (χ1) is 13.6. The van der Waals surface area contributed by atoms with Crippen molar-refractivity contribution in [2.75, 3.05) is 31.1 Å². The Bertz CT molecular complexity index is 828. The Hall–Kier alpha value is -2.47. The van der Waals surface area contributed by atoms with Crippen molar-refractivity contribution in [3.8, 4) is 0 Å². The molecule has 148 valence electrons. The van der Waals surface area contributed by atoms with Gasteiger partial charge in [0.25, 0.3) is 0 Å². The zero-order valence-electron chi connectivity index (χ0n) is 16.4. The second kappa shape index (κ2) is 7.87. The van der Waals surface area contributed by atoms with Crippen molar-refractivity contribution in [1.29, 1.82) is 0 Å². The third kappa shape index (κ3) is 3.87. The van der Waals surface area contributed by atoms with Crippen LogP contribution in [0, 0.1) is 12.3 Å². The molecule has 2 aromatic rings. The Morgan fingerprint density at radius 1 is 1.21 bits per heavy atom. The molecule has 0 aliphatic carbocycles. The van der Waals surface area contributed by atoms with Crippen molar-refractivity contribution in [2.45, 2.75) is 38.7 Å². The summed E-state index contributed by atoms with van der Waals surface area (Å²) in [6, 6.07) is 11.8. The van der Waals surface area contributed by atoms with Crippen LogP contribution in [0.4, 0.5) is 5.95 Å². The number of aliphatic hydroxyl groups excluding tert-OH is 1. The Balaban J connectivity index is 1.49. The summed E-state index contributed by atoms with van der Waals surface area (Å²) in [5, 5.41) is 10.9. The lowest BCUT2D eigenvalue weighted by molar-refractivity contribution is -0.137. The van der Waals surface area contributed by atoms with E-state index in [9.17, 15) is 9.90 Å². The normalized spacial score (nSPS) is 25.1. The molecule has 1 N–H and O–H groups in total. The van der Waals surface area contributed by atoms with Crippen LogP contribution in [0.2, 0.25) is 0 Å². The van der Waals surface area contributed by atoms with Crippen LogP contribution in [-0.2, 0) is 11.2 Å². The largest absolute Gasteiger partial charge is 0.392 e. The Morgan fingerprint density at radius 2 is 2.04 bits per heavy atom. The van der Waals surface area contributed by atoms with Gasteiger partial charge in [-0.2, -0.15) is 0 Å². The number of carbonyl (C=O) groups is 1. The number of benzene rings is 1. The number of amides is 1. The number of aryl methyl sites for hydroxylation is 1. The van der Waals surface area contributed by atoms with Gasteiger partial charge < -0.3 is 14.9 Å². The molecule has 0 unspecified atom stereocenters. The summed E-state index contributed by atoms with van der Waals surface area (Å²) in [4.78, 5) is 26.0. The van der Waals surface area contributed by atoms with E-state index >= 15 is 0 Å². The number of aromatic nitrogens is 2. The molecule has 2 aliphatic heterocycles. The number of hydrogen-bond acceptors (Lipinski definition) is 5. The van der Waals surface area contributed by atoms with Gasteiger partial charge in [0.05, 0.1) is 12.5 Å². The molecule has 6 heteroatoms. The van der Waals surface area contributed by atoms with E-state index in [0.29, 0.717) is 25.9 Å². The summed E-state index contributed by atoms with van der Waals surface area (Å²) in [5.41, 5.74) is 1.66. The van der Waals surface area contributed by atoms with Crippen LogP contribution in [0.1, 0.15) is 30.5 Å². The van der Waals surface area contributed by atoms with Gasteiger partial charge in [-0.05, 0) is 37.8 Å². The number of nitrogens with zero attached hydrogens (tertiary/aromatic N) is 4. The first kappa shape index (κ1) is 18.9. The van der Waals surface area contributed by atoms with Gasteiger partial charge in [-0.15, -0.1) is 0 Å². The number of carbonyl (C=O) groups excluding carboxylic acids is 1. The standard InChI is InChI=1S/C22H28N4O2/c1-17-8-11-23-21(24-17)26-13-9-19(27)22(16-26)10-5-12-25(15-22)20(28)14-18-6-3-2-4-7-18/h2-4,6-8,11,19,27H,5,9-10,12-16H2,1H3/t19-,22+/m1/s1. The van der Waals surface area contributed by atoms with Crippen LogP contribution in [0.25, 0.3) is 0 Å². The summed E-state index contributed by atoms with van der Waals surface area (Å²) in [6.07, 6.45) is 4.31. The minimum Gasteiger partial charge on any atom is -0.392 e. The van der Waals surface area contributed by atoms with E-state index in [1.807, 2.05) is 48.2 Å². The third-order valence-corrected chi connectivity index (χ3v) is 6.11. The lowest BCUT2D eigenvalue weighted by Gasteiger charge is -2.51. The lowest BCUT2D eigenvalue weighted by Crippen LogP contribution is -2.60. The second-order valence-corrected chi connectivity index (χ2v) is 8.17. The maximum absolute atomic E-state index is 12.9. The van der Waals surface area contributed by atoms with Gasteiger partial charge in [-0.25, -0.2) is 9.97 Å². The molecule has 2 aliphatic rings. The smallest absolute Gasteiger partial charge is 0.227 e. The molecular weight excluding hydrogens is 352 g/mol. The highest BCUT2D eigenvalue weighted by Crippen LogP contribution is 2.39. The zero-order chi connectivity index (χ0) is 19.6. The summed E-state index contributed by atoms with van der Waals surface area (Å²) in [6.45, 7) is 4.75. The predicted octanol–water partition coefficient (Wildman–Crippen LogP) is 2.21. The molecule has 0 radical (unpaired) electrons. The fourth-order valence-corrected chi connectivity index (χ4v) is 4.56. The topological polar surface area (TPSA) is 69.6 Å². The minimum atomic E-state index is -0.402. The lowest BCUT2D eigenvalue weighted by atomic mass is 9.71. The quantitative estimate of drug-likeness (QED) is 0.884. The highest BCUT2D eigenvalue weighted by Gasteiger charge is 2.46. The molecule has 1 aromatic heterocycles. The molecule has 28 heavy (non-hydrogen) atoms. The van der Waals surface area contributed by atoms with Gasteiger partial charge >= 0.3 is 0 Å². The van der Waals surface area contributed by atoms with E-state index in [4.69, 9.17) is 0 Å². The molecule has 3 heterocycles. The maximum atomic E-state index is 12.9. The molecule has 1 amide bonds. The molecule has 0 saturated carbocycles. The summed E-state index contributed by atoms with van der Waals surface area (Å²) < 4.78 is 0. The fraction of sp³-hybridized carbons (Fsp3) is 0.500. The monoisotopic (exact) mass is 380 g/mol. The highest BCUT2D eigenvalue weighted by molar-refractivity contribution is 5.79. The Kier molecular flexibility index (Phi) is 5.31. The number of hydrogen-bond donors (Lipinski definition) is 1. The maximum Gasteiger partial charge on any atom is 0.227 e. The number of piperidine rings is 2. The number of rotatable bonds is 3. The molecule has 1 aromatic carbocycles. The summed E-state index contributed by atoms with van der Waals surface area (Å²) in [7, 11) is 0. The SMILES string of the molecule is Cc1ccnc(N2CC[C@@H](O)[C@]3(CCCN(C(=O)Cc4ccccc4)C3)C2)n1.